The molecule has 0 saturated carbocycles. The first-order valence-electron chi connectivity index (χ1n) is 5.95. The Balaban J connectivity index is 2.55. The summed E-state index contributed by atoms with van der Waals surface area (Å²) in [5.74, 6) is -0.0553. The number of aromatic hydroxyl groups is 1. The summed E-state index contributed by atoms with van der Waals surface area (Å²) in [4.78, 5) is 12.5. The molecule has 0 bridgehead atoms. The summed E-state index contributed by atoms with van der Waals surface area (Å²) in [6.45, 7) is 0. The predicted molar refractivity (Wildman–Crippen MR) is 76.3 cm³/mol. The lowest BCUT2D eigenvalue weighted by Crippen LogP contribution is -2.31. The number of amides is 2. The van der Waals surface area contributed by atoms with Crippen molar-refractivity contribution in [3.63, 3.8) is 0 Å². The average Bonchev–Trinajstić information content (AvgIpc) is 2.41. The Labute approximate surface area is 128 Å². The van der Waals surface area contributed by atoms with Gasteiger partial charge in [0.25, 0.3) is 0 Å². The van der Waals surface area contributed by atoms with E-state index in [0.717, 1.165) is 17.0 Å². The molecule has 0 fully saturated rings. The molecule has 116 valence electrons. The second kappa shape index (κ2) is 5.76. The van der Waals surface area contributed by atoms with Gasteiger partial charge in [-0.05, 0) is 42.5 Å². The summed E-state index contributed by atoms with van der Waals surface area (Å²) in [6.07, 6.45) is -4.66. The van der Waals surface area contributed by atoms with Gasteiger partial charge in [-0.1, -0.05) is 11.6 Å². The number of phenolic OH excluding ortho intramolecular Hbond substituents is 1. The number of alkyl halides is 3. The molecule has 3 N–H and O–H groups in total. The number of carbonyl (C=O) groups is 1. The van der Waals surface area contributed by atoms with E-state index in [1.54, 1.807) is 0 Å². The van der Waals surface area contributed by atoms with Crippen LogP contribution in [-0.2, 0) is 6.18 Å². The summed E-state index contributed by atoms with van der Waals surface area (Å²) in [6, 6.07) is 7.31. The summed E-state index contributed by atoms with van der Waals surface area (Å²) < 4.78 is 38.7. The third-order valence-electron chi connectivity index (χ3n) is 2.84. The maximum atomic E-state index is 12.9. The van der Waals surface area contributed by atoms with Crippen LogP contribution in [0.5, 0.6) is 5.75 Å². The van der Waals surface area contributed by atoms with E-state index in [4.69, 9.17) is 17.3 Å². The van der Waals surface area contributed by atoms with E-state index in [-0.39, 0.29) is 17.1 Å². The molecule has 0 unspecified atom stereocenters. The molecule has 0 heterocycles. The van der Waals surface area contributed by atoms with Crippen LogP contribution in [0.15, 0.2) is 42.5 Å². The van der Waals surface area contributed by atoms with E-state index < -0.39 is 22.8 Å². The van der Waals surface area contributed by atoms with Crippen molar-refractivity contribution >= 4 is 29.0 Å². The fraction of sp³-hybridized carbons (Fsp3) is 0.0714. The van der Waals surface area contributed by atoms with Crippen molar-refractivity contribution in [1.82, 2.24) is 0 Å². The number of nitrogens with zero attached hydrogens (tertiary/aromatic N) is 1. The lowest BCUT2D eigenvalue weighted by molar-refractivity contribution is -0.137. The summed E-state index contributed by atoms with van der Waals surface area (Å²) in [5, 5.41) is 8.75. The number of phenols is 1. The van der Waals surface area contributed by atoms with Gasteiger partial charge in [-0.15, -0.1) is 0 Å². The first-order valence-corrected chi connectivity index (χ1v) is 6.33. The zero-order valence-corrected chi connectivity index (χ0v) is 11.7. The van der Waals surface area contributed by atoms with Crippen LogP contribution in [0.25, 0.3) is 0 Å². The highest BCUT2D eigenvalue weighted by atomic mass is 35.5. The molecule has 8 heteroatoms. The highest BCUT2D eigenvalue weighted by Crippen LogP contribution is 2.38. The summed E-state index contributed by atoms with van der Waals surface area (Å²) in [5.41, 5.74) is 4.29. The van der Waals surface area contributed by atoms with Gasteiger partial charge in [-0.2, -0.15) is 13.2 Å². The van der Waals surface area contributed by atoms with Crippen LogP contribution in [0.2, 0.25) is 5.02 Å². The molecule has 0 aliphatic carbocycles. The van der Waals surface area contributed by atoms with Crippen LogP contribution in [0.3, 0.4) is 0 Å². The van der Waals surface area contributed by atoms with Crippen LogP contribution in [0, 0.1) is 0 Å². The molecule has 2 aromatic carbocycles. The van der Waals surface area contributed by atoms with Gasteiger partial charge in [0.1, 0.15) is 5.75 Å². The van der Waals surface area contributed by atoms with E-state index in [2.05, 4.69) is 0 Å². The fourth-order valence-corrected chi connectivity index (χ4v) is 2.10. The molecule has 2 rings (SSSR count). The number of nitrogens with two attached hydrogens (primary N) is 1. The largest absolute Gasteiger partial charge is 0.508 e. The second-order valence-electron chi connectivity index (χ2n) is 4.35. The van der Waals surface area contributed by atoms with Crippen LogP contribution in [0.1, 0.15) is 5.56 Å². The van der Waals surface area contributed by atoms with Gasteiger partial charge < -0.3 is 10.8 Å². The van der Waals surface area contributed by atoms with E-state index >= 15 is 0 Å². The molecular weight excluding hydrogens is 321 g/mol. The highest BCUT2D eigenvalue weighted by Gasteiger charge is 2.34. The van der Waals surface area contributed by atoms with Gasteiger partial charge in [-0.3, -0.25) is 4.90 Å². The topological polar surface area (TPSA) is 66.6 Å². The second-order valence-corrected chi connectivity index (χ2v) is 4.76. The number of hydrogen-bond acceptors (Lipinski definition) is 2. The zero-order chi connectivity index (χ0) is 16.5. The van der Waals surface area contributed by atoms with Crippen molar-refractivity contribution in [3.8, 4) is 5.75 Å². The van der Waals surface area contributed by atoms with Crippen molar-refractivity contribution in [3.05, 3.63) is 53.1 Å². The quantitative estimate of drug-likeness (QED) is 0.863. The first kappa shape index (κ1) is 16.0. The third kappa shape index (κ3) is 3.25. The fourth-order valence-electron chi connectivity index (χ4n) is 1.87. The summed E-state index contributed by atoms with van der Waals surface area (Å²) in [7, 11) is 0. The van der Waals surface area contributed by atoms with Gasteiger partial charge in [0.2, 0.25) is 0 Å². The predicted octanol–water partition coefficient (Wildman–Crippen LogP) is 4.28. The molecule has 0 radical (unpaired) electrons. The van der Waals surface area contributed by atoms with Gasteiger partial charge >= 0.3 is 12.2 Å². The van der Waals surface area contributed by atoms with Gasteiger partial charge in [-0.25, -0.2) is 4.79 Å². The Morgan fingerprint density at radius 3 is 2.14 bits per heavy atom. The number of carbonyl (C=O) groups excluding carboxylic acids is 1. The van der Waals surface area contributed by atoms with Crippen molar-refractivity contribution < 1.29 is 23.1 Å². The maximum absolute atomic E-state index is 12.9. The molecule has 0 aliphatic heterocycles. The van der Waals surface area contributed by atoms with Crippen molar-refractivity contribution in [1.29, 1.82) is 0 Å². The molecule has 2 aromatic rings. The van der Waals surface area contributed by atoms with Crippen LogP contribution in [0.4, 0.5) is 29.3 Å². The summed E-state index contributed by atoms with van der Waals surface area (Å²) >= 11 is 5.54. The molecule has 0 spiro atoms. The van der Waals surface area contributed by atoms with E-state index in [0.29, 0.717) is 0 Å². The van der Waals surface area contributed by atoms with Crippen LogP contribution in [-0.4, -0.2) is 11.1 Å². The highest BCUT2D eigenvalue weighted by molar-refractivity contribution is 6.31. The van der Waals surface area contributed by atoms with Gasteiger partial charge in [0.05, 0.1) is 22.0 Å². The Bertz CT molecular complexity index is 702. The number of rotatable bonds is 2. The molecule has 0 aromatic heterocycles. The van der Waals surface area contributed by atoms with E-state index in [9.17, 15) is 23.1 Å². The van der Waals surface area contributed by atoms with Crippen molar-refractivity contribution in [2.24, 2.45) is 5.73 Å². The number of hydrogen-bond donors (Lipinski definition) is 2. The van der Waals surface area contributed by atoms with Crippen LogP contribution >= 0.6 is 11.6 Å². The Morgan fingerprint density at radius 2 is 1.64 bits per heavy atom. The minimum absolute atomic E-state index is 0.0553. The van der Waals surface area contributed by atoms with Crippen molar-refractivity contribution in [2.75, 3.05) is 4.90 Å². The lowest BCUT2D eigenvalue weighted by atomic mass is 10.1. The molecule has 0 atom stereocenters. The minimum Gasteiger partial charge on any atom is -0.508 e. The number of halogens is 4. The minimum atomic E-state index is -4.66. The third-order valence-corrected chi connectivity index (χ3v) is 3.17. The lowest BCUT2D eigenvalue weighted by Gasteiger charge is -2.22. The first-order chi connectivity index (χ1) is 10.2. The number of urea groups is 1. The normalized spacial score (nSPS) is 11.3. The number of primary amides is 1. The monoisotopic (exact) mass is 330 g/mol. The van der Waals surface area contributed by atoms with E-state index in [1.165, 1.54) is 30.3 Å². The Kier molecular flexibility index (Phi) is 4.18. The standard InChI is InChI=1S/C14H10ClF3N2O2/c15-12-6-3-9(7-11(12)14(16,17)18)20(13(19)22)8-1-4-10(21)5-2-8/h1-7,21H,(H2,19,22). The molecule has 22 heavy (non-hydrogen) atoms. The van der Waals surface area contributed by atoms with Gasteiger partial charge in [0.15, 0.2) is 0 Å². The smallest absolute Gasteiger partial charge is 0.417 e. The van der Waals surface area contributed by atoms with Gasteiger partial charge in [0, 0.05) is 0 Å². The molecule has 0 aliphatic rings. The molecular formula is C14H10ClF3N2O2. The maximum Gasteiger partial charge on any atom is 0.417 e. The Hall–Kier alpha value is -2.41. The molecule has 2 amide bonds. The average molecular weight is 331 g/mol. The van der Waals surface area contributed by atoms with E-state index in [1.807, 2.05) is 0 Å². The molecule has 0 saturated heterocycles. The Morgan fingerprint density at radius 1 is 1.09 bits per heavy atom. The van der Waals surface area contributed by atoms with Crippen molar-refractivity contribution in [2.45, 2.75) is 6.18 Å². The zero-order valence-electron chi connectivity index (χ0n) is 10.9. The SMILES string of the molecule is NC(=O)N(c1ccc(O)cc1)c1ccc(Cl)c(C(F)(F)F)c1. The molecule has 4 nitrogen and oxygen atoms in total. The number of anilines is 2. The number of benzene rings is 2. The van der Waals surface area contributed by atoms with Crippen LogP contribution < -0.4 is 10.6 Å².